The summed E-state index contributed by atoms with van der Waals surface area (Å²) in [6, 6.07) is 8.55. The lowest BCUT2D eigenvalue weighted by atomic mass is 10.2. The molecule has 0 saturated carbocycles. The SMILES string of the molecule is O=C(NCCNc1ccc(Nc2cccnc2)nn1)c1ccncc1F. The van der Waals surface area contributed by atoms with Crippen molar-refractivity contribution in [2.75, 3.05) is 23.7 Å². The van der Waals surface area contributed by atoms with Crippen LogP contribution in [0.2, 0.25) is 0 Å². The molecule has 0 radical (unpaired) electrons. The van der Waals surface area contributed by atoms with Gasteiger partial charge in [-0.05, 0) is 30.3 Å². The van der Waals surface area contributed by atoms with Crippen molar-refractivity contribution >= 4 is 23.2 Å². The quantitative estimate of drug-likeness (QED) is 0.558. The van der Waals surface area contributed by atoms with Crippen LogP contribution in [0.15, 0.2) is 55.1 Å². The van der Waals surface area contributed by atoms with Gasteiger partial charge in [0.15, 0.2) is 11.6 Å². The number of carbonyl (C=O) groups is 1. The molecule has 0 atom stereocenters. The number of halogens is 1. The van der Waals surface area contributed by atoms with E-state index in [2.05, 4.69) is 36.1 Å². The first-order valence-electron chi connectivity index (χ1n) is 7.85. The number of nitrogens with zero attached hydrogens (tertiary/aromatic N) is 4. The van der Waals surface area contributed by atoms with Gasteiger partial charge < -0.3 is 16.0 Å². The fourth-order valence-electron chi connectivity index (χ4n) is 2.10. The van der Waals surface area contributed by atoms with Crippen LogP contribution in [0.1, 0.15) is 10.4 Å². The molecule has 9 heteroatoms. The molecule has 3 N–H and O–H groups in total. The Bertz CT molecular complexity index is 859. The van der Waals surface area contributed by atoms with E-state index in [-0.39, 0.29) is 5.56 Å². The zero-order chi connectivity index (χ0) is 18.2. The van der Waals surface area contributed by atoms with Crippen LogP contribution < -0.4 is 16.0 Å². The molecule has 26 heavy (non-hydrogen) atoms. The van der Waals surface area contributed by atoms with E-state index in [0.717, 1.165) is 11.9 Å². The van der Waals surface area contributed by atoms with Crippen LogP contribution in [0.4, 0.5) is 21.7 Å². The van der Waals surface area contributed by atoms with Crippen molar-refractivity contribution in [1.82, 2.24) is 25.5 Å². The van der Waals surface area contributed by atoms with Crippen LogP contribution in [0.5, 0.6) is 0 Å². The maximum Gasteiger partial charge on any atom is 0.254 e. The molecule has 3 aromatic heterocycles. The topological polar surface area (TPSA) is 105 Å². The molecule has 0 saturated heterocycles. The summed E-state index contributed by atoms with van der Waals surface area (Å²) in [6.45, 7) is 0.723. The number of amides is 1. The standard InChI is InChI=1S/C17H16FN7O/c18-14-11-20-7-5-13(14)17(26)22-9-8-21-15-3-4-16(25-24-15)23-12-2-1-6-19-10-12/h1-7,10-11H,8-9H2,(H,21,24)(H,22,26)(H,23,25). The Labute approximate surface area is 148 Å². The Morgan fingerprint density at radius 1 is 0.962 bits per heavy atom. The van der Waals surface area contributed by atoms with Crippen molar-refractivity contribution < 1.29 is 9.18 Å². The number of nitrogens with one attached hydrogen (secondary N) is 3. The third-order valence-electron chi connectivity index (χ3n) is 3.33. The molecule has 8 nitrogen and oxygen atoms in total. The summed E-state index contributed by atoms with van der Waals surface area (Å²) in [6.07, 6.45) is 5.74. The van der Waals surface area contributed by atoms with E-state index in [1.54, 1.807) is 24.5 Å². The minimum absolute atomic E-state index is 0.0365. The molecule has 0 aliphatic heterocycles. The Kier molecular flexibility index (Phi) is 5.61. The van der Waals surface area contributed by atoms with Crippen molar-refractivity contribution in [1.29, 1.82) is 0 Å². The number of rotatable bonds is 7. The summed E-state index contributed by atoms with van der Waals surface area (Å²) in [5, 5.41) is 16.8. The van der Waals surface area contributed by atoms with E-state index in [9.17, 15) is 9.18 Å². The van der Waals surface area contributed by atoms with Crippen molar-refractivity contribution in [2.24, 2.45) is 0 Å². The first-order valence-corrected chi connectivity index (χ1v) is 7.85. The molecule has 1 amide bonds. The van der Waals surface area contributed by atoms with Crippen molar-refractivity contribution in [3.63, 3.8) is 0 Å². The predicted octanol–water partition coefficient (Wildman–Crippen LogP) is 1.99. The molecule has 0 spiro atoms. The van der Waals surface area contributed by atoms with Gasteiger partial charge in [0, 0.05) is 25.5 Å². The molecule has 132 valence electrons. The molecule has 3 rings (SSSR count). The summed E-state index contributed by atoms with van der Waals surface area (Å²) < 4.78 is 13.4. The van der Waals surface area contributed by atoms with Crippen LogP contribution in [-0.2, 0) is 0 Å². The van der Waals surface area contributed by atoms with E-state index in [1.807, 2.05) is 12.1 Å². The molecular formula is C17H16FN7O. The molecule has 3 heterocycles. The summed E-state index contributed by atoms with van der Waals surface area (Å²) in [5.74, 6) is 0.00502. The average molecular weight is 353 g/mol. The van der Waals surface area contributed by atoms with Crippen molar-refractivity contribution in [2.45, 2.75) is 0 Å². The van der Waals surface area contributed by atoms with E-state index >= 15 is 0 Å². The van der Waals surface area contributed by atoms with Gasteiger partial charge in [0.1, 0.15) is 5.82 Å². The zero-order valence-corrected chi connectivity index (χ0v) is 13.7. The minimum atomic E-state index is -0.652. The average Bonchev–Trinajstić information content (AvgIpc) is 2.67. The minimum Gasteiger partial charge on any atom is -0.367 e. The summed E-state index contributed by atoms with van der Waals surface area (Å²) in [7, 11) is 0. The Morgan fingerprint density at radius 2 is 1.77 bits per heavy atom. The maximum absolute atomic E-state index is 13.4. The second kappa shape index (κ2) is 8.47. The maximum atomic E-state index is 13.4. The zero-order valence-electron chi connectivity index (χ0n) is 13.7. The first-order chi connectivity index (χ1) is 12.7. The lowest BCUT2D eigenvalue weighted by molar-refractivity contribution is 0.0951. The summed E-state index contributed by atoms with van der Waals surface area (Å²) in [4.78, 5) is 19.5. The Morgan fingerprint density at radius 3 is 2.50 bits per heavy atom. The van der Waals surface area contributed by atoms with E-state index in [1.165, 1.54) is 12.3 Å². The fourth-order valence-corrected chi connectivity index (χ4v) is 2.10. The Balaban J connectivity index is 1.44. The predicted molar refractivity (Wildman–Crippen MR) is 94.6 cm³/mol. The van der Waals surface area contributed by atoms with Gasteiger partial charge in [-0.2, -0.15) is 0 Å². The van der Waals surface area contributed by atoms with E-state index in [4.69, 9.17) is 0 Å². The van der Waals surface area contributed by atoms with Gasteiger partial charge in [0.05, 0.1) is 23.6 Å². The highest BCUT2D eigenvalue weighted by atomic mass is 19.1. The molecule has 0 unspecified atom stereocenters. The highest BCUT2D eigenvalue weighted by Crippen LogP contribution is 2.12. The van der Waals surface area contributed by atoms with Gasteiger partial charge >= 0.3 is 0 Å². The van der Waals surface area contributed by atoms with Gasteiger partial charge in [-0.15, -0.1) is 10.2 Å². The molecular weight excluding hydrogens is 337 g/mol. The molecule has 3 aromatic rings. The van der Waals surface area contributed by atoms with Gasteiger partial charge in [0.25, 0.3) is 5.91 Å². The second-order valence-electron chi connectivity index (χ2n) is 5.21. The second-order valence-corrected chi connectivity index (χ2v) is 5.21. The number of anilines is 3. The van der Waals surface area contributed by atoms with E-state index in [0.29, 0.717) is 24.7 Å². The third-order valence-corrected chi connectivity index (χ3v) is 3.33. The number of pyridine rings is 2. The monoisotopic (exact) mass is 353 g/mol. The van der Waals surface area contributed by atoms with Gasteiger partial charge in [-0.1, -0.05) is 0 Å². The third kappa shape index (κ3) is 4.69. The number of carbonyl (C=O) groups excluding carboxylic acids is 1. The molecule has 0 aliphatic rings. The van der Waals surface area contributed by atoms with Gasteiger partial charge in [-0.25, -0.2) is 4.39 Å². The summed E-state index contributed by atoms with van der Waals surface area (Å²) in [5.41, 5.74) is 0.777. The molecule has 0 bridgehead atoms. The smallest absolute Gasteiger partial charge is 0.254 e. The number of hydrogen-bond donors (Lipinski definition) is 3. The van der Waals surface area contributed by atoms with Crippen LogP contribution >= 0.6 is 0 Å². The number of hydrogen-bond acceptors (Lipinski definition) is 7. The van der Waals surface area contributed by atoms with Crippen LogP contribution in [0.3, 0.4) is 0 Å². The first kappa shape index (κ1) is 17.2. The lowest BCUT2D eigenvalue weighted by Gasteiger charge is -2.08. The highest BCUT2D eigenvalue weighted by molar-refractivity contribution is 5.94. The van der Waals surface area contributed by atoms with Crippen molar-refractivity contribution in [3.05, 3.63) is 66.5 Å². The Hall–Kier alpha value is -3.62. The van der Waals surface area contributed by atoms with E-state index < -0.39 is 11.7 Å². The van der Waals surface area contributed by atoms with Crippen molar-refractivity contribution in [3.8, 4) is 0 Å². The van der Waals surface area contributed by atoms with Gasteiger partial charge in [-0.3, -0.25) is 14.8 Å². The summed E-state index contributed by atoms with van der Waals surface area (Å²) >= 11 is 0. The fraction of sp³-hybridized carbons (Fsp3) is 0.118. The number of aromatic nitrogens is 4. The molecule has 0 fully saturated rings. The van der Waals surface area contributed by atoms with Crippen LogP contribution in [0, 0.1) is 5.82 Å². The van der Waals surface area contributed by atoms with Gasteiger partial charge in [0.2, 0.25) is 0 Å². The van der Waals surface area contributed by atoms with Crippen LogP contribution in [0.25, 0.3) is 0 Å². The molecule has 0 aliphatic carbocycles. The normalized spacial score (nSPS) is 10.2. The largest absolute Gasteiger partial charge is 0.367 e. The van der Waals surface area contributed by atoms with Crippen LogP contribution in [-0.4, -0.2) is 39.2 Å². The highest BCUT2D eigenvalue weighted by Gasteiger charge is 2.10. The lowest BCUT2D eigenvalue weighted by Crippen LogP contribution is -2.29. The molecule has 0 aromatic carbocycles.